The number of hydrogen-bond acceptors (Lipinski definition) is 2. The highest BCUT2D eigenvalue weighted by Gasteiger charge is 2.17. The van der Waals surface area contributed by atoms with E-state index >= 15 is 0 Å². The van der Waals surface area contributed by atoms with E-state index < -0.39 is 0 Å². The van der Waals surface area contributed by atoms with Gasteiger partial charge in [-0.15, -0.1) is 0 Å². The second-order valence-corrected chi connectivity index (χ2v) is 5.20. The third-order valence-corrected chi connectivity index (χ3v) is 3.85. The average Bonchev–Trinajstić information content (AvgIpc) is 2.91. The molecule has 0 aromatic heterocycles. The minimum Gasteiger partial charge on any atom is -0.493 e. The number of fused-ring (bicyclic) bond motifs is 1. The number of ether oxygens (including phenoxy) is 1. The fraction of sp³-hybridized carbons (Fsp3) is 0.294. The molecule has 0 bridgehead atoms. The van der Waals surface area contributed by atoms with E-state index in [9.17, 15) is 4.39 Å². The summed E-state index contributed by atoms with van der Waals surface area (Å²) in [4.78, 5) is 0. The molecule has 2 aromatic rings. The van der Waals surface area contributed by atoms with Gasteiger partial charge < -0.3 is 10.1 Å². The number of benzene rings is 2. The smallest absolute Gasteiger partial charge is 0.126 e. The normalized spacial score (nSPS) is 14.8. The molecule has 1 atom stereocenters. The highest BCUT2D eigenvalue weighted by atomic mass is 19.1. The van der Waals surface area contributed by atoms with Gasteiger partial charge in [0.25, 0.3) is 0 Å². The van der Waals surface area contributed by atoms with Crippen LogP contribution in [0.3, 0.4) is 0 Å². The molecule has 1 aliphatic rings. The van der Waals surface area contributed by atoms with E-state index in [2.05, 4.69) is 17.4 Å². The van der Waals surface area contributed by atoms with Crippen molar-refractivity contribution in [3.05, 3.63) is 64.5 Å². The van der Waals surface area contributed by atoms with Crippen molar-refractivity contribution in [1.29, 1.82) is 0 Å². The average molecular weight is 271 g/mol. The first-order valence-corrected chi connectivity index (χ1v) is 6.88. The molecular weight excluding hydrogens is 253 g/mol. The summed E-state index contributed by atoms with van der Waals surface area (Å²) < 4.78 is 18.9. The molecule has 1 N–H and O–H groups in total. The predicted octanol–water partition coefficient (Wildman–Crippen LogP) is 3.38. The van der Waals surface area contributed by atoms with Crippen LogP contribution in [-0.4, -0.2) is 13.7 Å². The van der Waals surface area contributed by atoms with E-state index in [4.69, 9.17) is 4.74 Å². The zero-order chi connectivity index (χ0) is 14.1. The molecule has 2 aromatic carbocycles. The fourth-order valence-corrected chi connectivity index (χ4v) is 2.76. The van der Waals surface area contributed by atoms with Crippen LogP contribution in [0.15, 0.2) is 36.4 Å². The summed E-state index contributed by atoms with van der Waals surface area (Å²) in [6.45, 7) is 2.56. The first kappa shape index (κ1) is 13.1. The molecule has 0 radical (unpaired) electrons. The van der Waals surface area contributed by atoms with Crippen molar-refractivity contribution >= 4 is 0 Å². The topological polar surface area (TPSA) is 21.3 Å². The van der Waals surface area contributed by atoms with E-state index in [1.54, 1.807) is 6.92 Å². The Kier molecular flexibility index (Phi) is 3.45. The van der Waals surface area contributed by atoms with Gasteiger partial charge >= 0.3 is 0 Å². The lowest BCUT2D eigenvalue weighted by Crippen LogP contribution is -2.18. The molecule has 1 heterocycles. The minimum atomic E-state index is -0.161. The van der Waals surface area contributed by atoms with Gasteiger partial charge in [0.05, 0.1) is 12.6 Å². The summed E-state index contributed by atoms with van der Waals surface area (Å²) in [5.41, 5.74) is 4.18. The SMILES string of the molecule is CNC(c1ccc(F)c(C)c1)c1ccc2c(c1)CCO2. The summed E-state index contributed by atoms with van der Waals surface area (Å²) >= 11 is 0. The van der Waals surface area contributed by atoms with E-state index in [1.807, 2.05) is 25.2 Å². The Morgan fingerprint density at radius 3 is 2.65 bits per heavy atom. The Morgan fingerprint density at radius 2 is 1.90 bits per heavy atom. The zero-order valence-electron chi connectivity index (χ0n) is 11.7. The van der Waals surface area contributed by atoms with Crippen LogP contribution in [0.5, 0.6) is 5.75 Å². The van der Waals surface area contributed by atoms with Crippen LogP contribution in [0, 0.1) is 12.7 Å². The molecule has 0 spiro atoms. The molecule has 104 valence electrons. The summed E-state index contributed by atoms with van der Waals surface area (Å²) in [5.74, 6) is 0.824. The van der Waals surface area contributed by atoms with Crippen molar-refractivity contribution in [2.24, 2.45) is 0 Å². The molecule has 20 heavy (non-hydrogen) atoms. The molecule has 0 saturated carbocycles. The highest BCUT2D eigenvalue weighted by Crippen LogP contribution is 2.30. The number of hydrogen-bond donors (Lipinski definition) is 1. The zero-order valence-corrected chi connectivity index (χ0v) is 11.7. The van der Waals surface area contributed by atoms with Gasteiger partial charge in [-0.1, -0.05) is 24.3 Å². The van der Waals surface area contributed by atoms with Gasteiger partial charge in [-0.3, -0.25) is 0 Å². The van der Waals surface area contributed by atoms with Crippen LogP contribution < -0.4 is 10.1 Å². The molecular formula is C17H18FNO. The summed E-state index contributed by atoms with van der Waals surface area (Å²) in [6.07, 6.45) is 0.960. The first-order valence-electron chi connectivity index (χ1n) is 6.88. The van der Waals surface area contributed by atoms with Gasteiger partial charge in [0, 0.05) is 6.42 Å². The van der Waals surface area contributed by atoms with Crippen molar-refractivity contribution in [1.82, 2.24) is 5.32 Å². The van der Waals surface area contributed by atoms with Crippen molar-refractivity contribution in [3.63, 3.8) is 0 Å². The Hall–Kier alpha value is -1.87. The van der Waals surface area contributed by atoms with Crippen molar-refractivity contribution in [3.8, 4) is 5.75 Å². The minimum absolute atomic E-state index is 0.0696. The maximum atomic E-state index is 13.4. The van der Waals surface area contributed by atoms with E-state index in [0.717, 1.165) is 24.3 Å². The molecule has 2 nitrogen and oxygen atoms in total. The maximum absolute atomic E-state index is 13.4. The molecule has 0 amide bonds. The standard InChI is InChI=1S/C17H18FNO/c1-11-9-13(3-5-15(11)18)17(19-2)14-4-6-16-12(10-14)7-8-20-16/h3-6,9-10,17,19H,7-8H2,1-2H3. The van der Waals surface area contributed by atoms with Gasteiger partial charge in [-0.25, -0.2) is 4.39 Å². The van der Waals surface area contributed by atoms with Crippen LogP contribution >= 0.6 is 0 Å². The third kappa shape index (κ3) is 2.29. The molecule has 3 rings (SSSR count). The summed E-state index contributed by atoms with van der Waals surface area (Å²) in [5, 5.41) is 3.31. The molecule has 3 heteroatoms. The second-order valence-electron chi connectivity index (χ2n) is 5.20. The van der Waals surface area contributed by atoms with Crippen LogP contribution in [-0.2, 0) is 6.42 Å². The Morgan fingerprint density at radius 1 is 1.15 bits per heavy atom. The van der Waals surface area contributed by atoms with Gasteiger partial charge in [-0.05, 0) is 48.4 Å². The van der Waals surface area contributed by atoms with E-state index in [-0.39, 0.29) is 11.9 Å². The van der Waals surface area contributed by atoms with Crippen LogP contribution in [0.25, 0.3) is 0 Å². The Bertz CT molecular complexity index is 639. The lowest BCUT2D eigenvalue weighted by molar-refractivity contribution is 0.357. The summed E-state index contributed by atoms with van der Waals surface area (Å²) in [7, 11) is 1.92. The predicted molar refractivity (Wildman–Crippen MR) is 77.7 cm³/mol. The van der Waals surface area contributed by atoms with E-state index in [1.165, 1.54) is 17.2 Å². The lowest BCUT2D eigenvalue weighted by atomic mass is 9.95. The second kappa shape index (κ2) is 5.25. The molecule has 0 aliphatic carbocycles. The Labute approximate surface area is 118 Å². The fourth-order valence-electron chi connectivity index (χ4n) is 2.76. The number of aryl methyl sites for hydroxylation is 1. The number of halogens is 1. The monoisotopic (exact) mass is 271 g/mol. The maximum Gasteiger partial charge on any atom is 0.126 e. The van der Waals surface area contributed by atoms with Gasteiger partial charge in [-0.2, -0.15) is 0 Å². The van der Waals surface area contributed by atoms with Gasteiger partial charge in [0.15, 0.2) is 0 Å². The van der Waals surface area contributed by atoms with Crippen molar-refractivity contribution in [2.45, 2.75) is 19.4 Å². The van der Waals surface area contributed by atoms with Gasteiger partial charge in [0.2, 0.25) is 0 Å². The van der Waals surface area contributed by atoms with Crippen molar-refractivity contribution in [2.75, 3.05) is 13.7 Å². The molecule has 0 fully saturated rings. The van der Waals surface area contributed by atoms with Crippen LogP contribution in [0.1, 0.15) is 28.3 Å². The quantitative estimate of drug-likeness (QED) is 0.924. The summed E-state index contributed by atoms with van der Waals surface area (Å²) in [6, 6.07) is 11.6. The first-order chi connectivity index (χ1) is 9.69. The van der Waals surface area contributed by atoms with Crippen LogP contribution in [0.2, 0.25) is 0 Å². The van der Waals surface area contributed by atoms with Crippen molar-refractivity contribution < 1.29 is 9.13 Å². The highest BCUT2D eigenvalue weighted by molar-refractivity contribution is 5.43. The molecule has 1 aliphatic heterocycles. The van der Waals surface area contributed by atoms with Gasteiger partial charge in [0.1, 0.15) is 11.6 Å². The number of nitrogens with one attached hydrogen (secondary N) is 1. The molecule has 1 unspecified atom stereocenters. The lowest BCUT2D eigenvalue weighted by Gasteiger charge is -2.18. The number of rotatable bonds is 3. The molecule has 0 saturated heterocycles. The van der Waals surface area contributed by atoms with Crippen LogP contribution in [0.4, 0.5) is 4.39 Å². The third-order valence-electron chi connectivity index (χ3n) is 3.85. The largest absolute Gasteiger partial charge is 0.493 e. The Balaban J connectivity index is 1.98. The van der Waals surface area contributed by atoms with E-state index in [0.29, 0.717) is 5.56 Å².